The smallest absolute Gasteiger partial charge is 0.310 e. The summed E-state index contributed by atoms with van der Waals surface area (Å²) in [6.45, 7) is 7.48. The number of rotatable bonds is 11. The van der Waals surface area contributed by atoms with E-state index in [0.29, 0.717) is 65.8 Å². The van der Waals surface area contributed by atoms with E-state index in [1.807, 2.05) is 35.0 Å². The monoisotopic (exact) mass is 644 g/mol. The first-order valence-electron chi connectivity index (χ1n) is 15.6. The molecular formula is C33H47FN5O7+. The van der Waals surface area contributed by atoms with Gasteiger partial charge in [-0.1, -0.05) is 13.8 Å². The topological polar surface area (TPSA) is 152 Å². The van der Waals surface area contributed by atoms with Gasteiger partial charge in [-0.25, -0.2) is 9.07 Å². The number of ketones is 1. The number of nitrogens with one attached hydrogen (secondary N) is 1. The van der Waals surface area contributed by atoms with Crippen molar-refractivity contribution in [3.63, 3.8) is 0 Å². The molecule has 0 spiro atoms. The van der Waals surface area contributed by atoms with Gasteiger partial charge in [-0.3, -0.25) is 19.2 Å². The Morgan fingerprint density at radius 3 is 2.48 bits per heavy atom. The third-order valence-electron chi connectivity index (χ3n) is 8.44. The molecule has 4 rings (SSSR count). The van der Waals surface area contributed by atoms with Gasteiger partial charge >= 0.3 is 11.9 Å². The highest BCUT2D eigenvalue weighted by Crippen LogP contribution is 2.38. The van der Waals surface area contributed by atoms with Crippen molar-refractivity contribution in [2.24, 2.45) is 11.1 Å². The summed E-state index contributed by atoms with van der Waals surface area (Å²) in [5.41, 5.74) is 7.36. The van der Waals surface area contributed by atoms with Gasteiger partial charge < -0.3 is 29.7 Å². The fourth-order valence-electron chi connectivity index (χ4n) is 6.67. The molecule has 1 amide bonds. The predicted octanol–water partition coefficient (Wildman–Crippen LogP) is 3.49. The Morgan fingerprint density at radius 2 is 1.87 bits per heavy atom. The van der Waals surface area contributed by atoms with Crippen molar-refractivity contribution in [3.8, 4) is 5.69 Å². The van der Waals surface area contributed by atoms with Crippen LogP contribution in [0.4, 0.5) is 10.1 Å². The Morgan fingerprint density at radius 1 is 1.17 bits per heavy atom. The van der Waals surface area contributed by atoms with Gasteiger partial charge in [0.15, 0.2) is 11.9 Å². The lowest BCUT2D eigenvalue weighted by atomic mass is 9.75. The van der Waals surface area contributed by atoms with Gasteiger partial charge in [0.05, 0.1) is 67.6 Å². The normalized spacial score (nSPS) is 21.7. The summed E-state index contributed by atoms with van der Waals surface area (Å²) in [7, 11) is 7.34. The lowest BCUT2D eigenvalue weighted by Gasteiger charge is -2.36. The van der Waals surface area contributed by atoms with Gasteiger partial charge in [-0.05, 0) is 37.7 Å². The standard InChI is InChI=1S/C33H46FN5O7/c1-18-30-25(15-33(3,4)16-26(30)41)38(37-18)21-12-23(34)31(32(35)43)24(13-21)36-20-9-10-27(44-8)28(11-20)46-29(42)14-22(45-19(2)40)17-39(5,6)7/h12-13,20,22,27-28H,9-11,14-17H2,1-8H3,(H2-,35,36,43)/p+1. The molecule has 0 radical (unpaired) electrons. The van der Waals surface area contributed by atoms with Crippen LogP contribution in [-0.4, -0.2) is 97.0 Å². The Labute approximate surface area is 269 Å². The number of benzene rings is 1. The molecule has 2 aliphatic rings. The molecule has 0 saturated heterocycles. The fourth-order valence-corrected chi connectivity index (χ4v) is 6.67. The summed E-state index contributed by atoms with van der Waals surface area (Å²) in [4.78, 5) is 50.1. The summed E-state index contributed by atoms with van der Waals surface area (Å²) in [5.74, 6) is -2.78. The number of hydrogen-bond acceptors (Lipinski definition) is 9. The summed E-state index contributed by atoms with van der Waals surface area (Å²) in [5, 5.41) is 7.86. The zero-order valence-corrected chi connectivity index (χ0v) is 28.1. The number of nitrogens with two attached hydrogens (primary N) is 1. The number of methoxy groups -OCH3 is 1. The molecule has 2 aliphatic carbocycles. The number of primary amides is 1. The number of aryl methyl sites for hydroxylation is 1. The number of esters is 2. The van der Waals surface area contributed by atoms with E-state index < -0.39 is 35.9 Å². The van der Waals surface area contributed by atoms with Crippen LogP contribution < -0.4 is 11.1 Å². The average molecular weight is 645 g/mol. The molecule has 13 heteroatoms. The van der Waals surface area contributed by atoms with Gasteiger partial charge in [0.1, 0.15) is 18.5 Å². The van der Waals surface area contributed by atoms with E-state index in [1.165, 1.54) is 13.0 Å². The highest BCUT2D eigenvalue weighted by Gasteiger charge is 2.37. The van der Waals surface area contributed by atoms with Gasteiger partial charge in [0.2, 0.25) is 0 Å². The average Bonchev–Trinajstić information content (AvgIpc) is 3.21. The van der Waals surface area contributed by atoms with Gasteiger partial charge in [-0.2, -0.15) is 5.10 Å². The highest BCUT2D eigenvalue weighted by atomic mass is 19.1. The van der Waals surface area contributed by atoms with Crippen LogP contribution in [0.3, 0.4) is 0 Å². The van der Waals surface area contributed by atoms with Crippen molar-refractivity contribution >= 4 is 29.3 Å². The molecule has 46 heavy (non-hydrogen) atoms. The van der Waals surface area contributed by atoms with Crippen LogP contribution in [0.5, 0.6) is 0 Å². The van der Waals surface area contributed by atoms with Crippen LogP contribution in [-0.2, 0) is 30.2 Å². The number of hydrogen-bond donors (Lipinski definition) is 2. The number of likely N-dealkylation sites (N-methyl/N-ethyl adjacent to an activating group) is 1. The minimum Gasteiger partial charge on any atom is -0.459 e. The molecule has 1 aromatic heterocycles. The molecule has 1 aromatic carbocycles. The Kier molecular flexibility index (Phi) is 10.3. The molecule has 1 heterocycles. The van der Waals surface area contributed by atoms with Crippen molar-refractivity contribution in [3.05, 3.63) is 40.5 Å². The van der Waals surface area contributed by atoms with Crippen molar-refractivity contribution in [2.75, 3.05) is 40.1 Å². The summed E-state index contributed by atoms with van der Waals surface area (Å²) >= 11 is 0. The Bertz CT molecular complexity index is 1510. The minimum atomic E-state index is -0.941. The molecule has 1 fully saturated rings. The molecule has 0 bridgehead atoms. The maximum Gasteiger partial charge on any atom is 0.310 e. The van der Waals surface area contributed by atoms with E-state index in [4.69, 9.17) is 19.9 Å². The first kappa shape index (κ1) is 35.0. The van der Waals surface area contributed by atoms with E-state index in [-0.39, 0.29) is 41.0 Å². The number of anilines is 1. The lowest BCUT2D eigenvalue weighted by Crippen LogP contribution is -2.45. The summed E-state index contributed by atoms with van der Waals surface area (Å²) in [6, 6.07) is 2.48. The number of quaternary nitrogens is 1. The first-order chi connectivity index (χ1) is 21.4. The van der Waals surface area contributed by atoms with E-state index in [2.05, 4.69) is 10.4 Å². The lowest BCUT2D eigenvalue weighted by molar-refractivity contribution is -0.873. The molecule has 3 N–H and O–H groups in total. The molecule has 252 valence electrons. The largest absolute Gasteiger partial charge is 0.459 e. The maximum atomic E-state index is 15.6. The molecule has 12 nitrogen and oxygen atoms in total. The Balaban J connectivity index is 1.59. The second kappa shape index (κ2) is 13.5. The van der Waals surface area contributed by atoms with E-state index >= 15 is 4.39 Å². The summed E-state index contributed by atoms with van der Waals surface area (Å²) < 4.78 is 34.5. The molecule has 0 aliphatic heterocycles. The van der Waals surface area contributed by atoms with Crippen LogP contribution in [0.15, 0.2) is 12.1 Å². The number of nitrogens with zero attached hydrogens (tertiary/aromatic N) is 3. The van der Waals surface area contributed by atoms with Crippen molar-refractivity contribution in [1.82, 2.24) is 9.78 Å². The fraction of sp³-hybridized carbons (Fsp3) is 0.606. The van der Waals surface area contributed by atoms with Crippen LogP contribution >= 0.6 is 0 Å². The Hall–Kier alpha value is -3.84. The molecule has 4 atom stereocenters. The molecule has 1 saturated carbocycles. The number of ether oxygens (including phenoxy) is 3. The van der Waals surface area contributed by atoms with Crippen molar-refractivity contribution < 1.29 is 42.3 Å². The number of fused-ring (bicyclic) bond motifs is 1. The predicted molar refractivity (Wildman–Crippen MR) is 168 cm³/mol. The maximum absolute atomic E-state index is 15.6. The zero-order chi connectivity index (χ0) is 34.1. The van der Waals surface area contributed by atoms with E-state index in [9.17, 15) is 19.2 Å². The molecular weight excluding hydrogens is 597 g/mol. The van der Waals surface area contributed by atoms with E-state index in [1.54, 1.807) is 24.8 Å². The van der Waals surface area contributed by atoms with Crippen LogP contribution in [0, 0.1) is 18.2 Å². The third kappa shape index (κ3) is 8.30. The van der Waals surface area contributed by atoms with Gasteiger partial charge in [0.25, 0.3) is 5.91 Å². The quantitative estimate of drug-likeness (QED) is 0.277. The van der Waals surface area contributed by atoms with Crippen molar-refractivity contribution in [1.29, 1.82) is 0 Å². The number of carbonyl (C=O) groups excluding carboxylic acids is 4. The van der Waals surface area contributed by atoms with E-state index in [0.717, 1.165) is 0 Å². The van der Waals surface area contributed by atoms with Crippen LogP contribution in [0.2, 0.25) is 0 Å². The molecule has 4 unspecified atom stereocenters. The second-order valence-corrected chi connectivity index (χ2v) is 14.3. The van der Waals surface area contributed by atoms with Gasteiger partial charge in [-0.15, -0.1) is 0 Å². The third-order valence-corrected chi connectivity index (χ3v) is 8.44. The van der Waals surface area contributed by atoms with Crippen LogP contribution in [0.25, 0.3) is 5.69 Å². The second-order valence-electron chi connectivity index (χ2n) is 14.3. The van der Waals surface area contributed by atoms with Crippen molar-refractivity contribution in [2.45, 2.75) is 90.6 Å². The number of carbonyl (C=O) groups is 4. The van der Waals surface area contributed by atoms with Crippen LogP contribution in [0.1, 0.15) is 85.0 Å². The highest BCUT2D eigenvalue weighted by molar-refractivity contribution is 6.00. The van der Waals surface area contributed by atoms with Gasteiger partial charge in [0, 0.05) is 39.0 Å². The number of halogens is 1. The number of amides is 1. The molecule has 2 aromatic rings. The number of Topliss-reactive ketones (excluding diaryl/α,β-unsaturated/α-hetero) is 1. The summed E-state index contributed by atoms with van der Waals surface area (Å²) in [6.07, 6.45) is 0.554. The SMILES string of the molecule is COC1CCC(Nc2cc(-n3nc(C)c4c3CC(C)(C)CC4=O)cc(F)c2C(N)=O)CC1OC(=O)CC(C[N+](C)(C)C)OC(C)=O. The first-order valence-corrected chi connectivity index (χ1v) is 15.6. The zero-order valence-electron chi connectivity index (χ0n) is 28.1. The minimum absolute atomic E-state index is 0.00489. The number of aromatic nitrogens is 2.